The van der Waals surface area contributed by atoms with E-state index in [0.717, 1.165) is 25.9 Å². The van der Waals surface area contributed by atoms with Gasteiger partial charge in [0.1, 0.15) is 6.04 Å². The quantitative estimate of drug-likeness (QED) is 0.563. The van der Waals surface area contributed by atoms with E-state index in [9.17, 15) is 9.59 Å². The molecule has 1 aliphatic heterocycles. The van der Waals surface area contributed by atoms with Gasteiger partial charge >= 0.3 is 0 Å². The Hall–Kier alpha value is -1.14. The van der Waals surface area contributed by atoms with Crippen molar-refractivity contribution in [1.82, 2.24) is 16.0 Å². The first-order valence-corrected chi connectivity index (χ1v) is 7.82. The van der Waals surface area contributed by atoms with Crippen molar-refractivity contribution >= 4 is 11.8 Å². The maximum absolute atomic E-state index is 12.3. The Labute approximate surface area is 127 Å². The lowest BCUT2D eigenvalue weighted by atomic mass is 9.95. The van der Waals surface area contributed by atoms with Crippen molar-refractivity contribution in [2.45, 2.75) is 39.2 Å². The summed E-state index contributed by atoms with van der Waals surface area (Å²) < 4.78 is 4.92. The van der Waals surface area contributed by atoms with E-state index >= 15 is 0 Å². The molecule has 6 nitrogen and oxygen atoms in total. The van der Waals surface area contributed by atoms with Crippen molar-refractivity contribution in [3.8, 4) is 0 Å². The predicted octanol–water partition coefficient (Wildman–Crippen LogP) is 0.280. The molecule has 1 aliphatic rings. The van der Waals surface area contributed by atoms with Gasteiger partial charge in [0.25, 0.3) is 0 Å². The third-order valence-corrected chi connectivity index (χ3v) is 3.66. The summed E-state index contributed by atoms with van der Waals surface area (Å²) in [4.78, 5) is 24.5. The number of carbonyl (C=O) groups is 2. The normalized spacial score (nSPS) is 17.5. The summed E-state index contributed by atoms with van der Waals surface area (Å²) in [5, 5.41) is 8.97. The van der Waals surface area contributed by atoms with Crippen molar-refractivity contribution in [1.29, 1.82) is 0 Å². The zero-order chi connectivity index (χ0) is 15.7. The van der Waals surface area contributed by atoms with Crippen LogP contribution in [0.3, 0.4) is 0 Å². The van der Waals surface area contributed by atoms with Crippen molar-refractivity contribution in [3.05, 3.63) is 0 Å². The molecule has 0 radical (unpaired) electrons. The van der Waals surface area contributed by atoms with Gasteiger partial charge < -0.3 is 20.7 Å². The smallest absolute Gasteiger partial charge is 0.242 e. The van der Waals surface area contributed by atoms with Gasteiger partial charge in [-0.3, -0.25) is 9.59 Å². The zero-order valence-corrected chi connectivity index (χ0v) is 13.4. The molecule has 0 aromatic rings. The monoisotopic (exact) mass is 299 g/mol. The van der Waals surface area contributed by atoms with Crippen LogP contribution in [0.15, 0.2) is 0 Å². The number of hydrogen-bond acceptors (Lipinski definition) is 4. The fourth-order valence-electron chi connectivity index (χ4n) is 2.48. The van der Waals surface area contributed by atoms with Gasteiger partial charge in [-0.05, 0) is 38.3 Å². The molecule has 0 spiro atoms. The van der Waals surface area contributed by atoms with Crippen molar-refractivity contribution in [2.24, 2.45) is 11.8 Å². The molecule has 1 fully saturated rings. The summed E-state index contributed by atoms with van der Waals surface area (Å²) in [6.07, 6.45) is 2.33. The number of rotatable bonds is 8. The van der Waals surface area contributed by atoms with Crippen molar-refractivity contribution in [3.63, 3.8) is 0 Å². The fraction of sp³-hybridized carbons (Fsp3) is 0.867. The lowest BCUT2D eigenvalue weighted by molar-refractivity contribution is -0.132. The second kappa shape index (κ2) is 9.73. The maximum atomic E-state index is 12.3. The van der Waals surface area contributed by atoms with E-state index in [1.807, 2.05) is 13.8 Å². The maximum Gasteiger partial charge on any atom is 0.242 e. The van der Waals surface area contributed by atoms with Gasteiger partial charge in [-0.15, -0.1) is 0 Å². The summed E-state index contributed by atoms with van der Waals surface area (Å²) in [5.74, 6) is 0.247. The van der Waals surface area contributed by atoms with E-state index < -0.39 is 6.04 Å². The van der Waals surface area contributed by atoms with Gasteiger partial charge in [0, 0.05) is 19.6 Å². The van der Waals surface area contributed by atoms with Crippen LogP contribution in [0.1, 0.15) is 33.1 Å². The Balaban J connectivity index is 2.51. The van der Waals surface area contributed by atoms with Gasteiger partial charge in [-0.25, -0.2) is 0 Å². The molecule has 122 valence electrons. The molecule has 1 heterocycles. The van der Waals surface area contributed by atoms with Gasteiger partial charge in [-0.1, -0.05) is 13.8 Å². The minimum Gasteiger partial charge on any atom is -0.383 e. The van der Waals surface area contributed by atoms with E-state index in [1.165, 1.54) is 0 Å². The Kier molecular flexibility index (Phi) is 8.30. The molecular formula is C15H29N3O3. The first kappa shape index (κ1) is 17.9. The first-order valence-electron chi connectivity index (χ1n) is 7.82. The summed E-state index contributed by atoms with van der Waals surface area (Å²) in [6.45, 7) is 6.77. The Morgan fingerprint density at radius 3 is 2.52 bits per heavy atom. The number of amides is 2. The third-order valence-electron chi connectivity index (χ3n) is 3.66. The molecule has 0 bridgehead atoms. The summed E-state index contributed by atoms with van der Waals surface area (Å²) in [6, 6.07) is -0.454. The molecule has 3 N–H and O–H groups in total. The second-order valence-electron chi connectivity index (χ2n) is 6.00. The zero-order valence-electron chi connectivity index (χ0n) is 13.4. The predicted molar refractivity (Wildman–Crippen MR) is 81.9 cm³/mol. The van der Waals surface area contributed by atoms with Crippen LogP contribution >= 0.6 is 0 Å². The largest absolute Gasteiger partial charge is 0.383 e. The average molecular weight is 299 g/mol. The van der Waals surface area contributed by atoms with Gasteiger partial charge in [0.05, 0.1) is 6.61 Å². The highest BCUT2D eigenvalue weighted by Gasteiger charge is 2.26. The minimum atomic E-state index is -0.454. The Morgan fingerprint density at radius 2 is 1.95 bits per heavy atom. The van der Waals surface area contributed by atoms with E-state index in [0.29, 0.717) is 25.5 Å². The lowest BCUT2D eigenvalue weighted by Crippen LogP contribution is -2.50. The Morgan fingerprint density at radius 1 is 1.29 bits per heavy atom. The number of nitrogens with one attached hydrogen (secondary N) is 3. The van der Waals surface area contributed by atoms with Crippen LogP contribution in [0.25, 0.3) is 0 Å². The lowest BCUT2D eigenvalue weighted by Gasteiger charge is -2.26. The van der Waals surface area contributed by atoms with Crippen LogP contribution in [0.4, 0.5) is 0 Å². The molecule has 1 saturated heterocycles. The van der Waals surface area contributed by atoms with E-state index in [4.69, 9.17) is 4.74 Å². The molecule has 0 aliphatic carbocycles. The fourth-order valence-corrected chi connectivity index (χ4v) is 2.48. The van der Waals surface area contributed by atoms with E-state index in [1.54, 1.807) is 7.11 Å². The number of ether oxygens (including phenoxy) is 1. The number of hydrogen-bond donors (Lipinski definition) is 3. The SMILES string of the molecule is COCCNC(=O)[C@H](CC(C)C)NC(=O)C1CCNCC1. The molecule has 0 aromatic heterocycles. The highest BCUT2D eigenvalue weighted by Crippen LogP contribution is 2.13. The van der Waals surface area contributed by atoms with Crippen LogP contribution in [-0.2, 0) is 14.3 Å². The van der Waals surface area contributed by atoms with E-state index in [-0.39, 0.29) is 17.7 Å². The van der Waals surface area contributed by atoms with Crippen LogP contribution in [0.2, 0.25) is 0 Å². The van der Waals surface area contributed by atoms with Gasteiger partial charge in [0.15, 0.2) is 0 Å². The molecule has 6 heteroatoms. The average Bonchev–Trinajstić information content (AvgIpc) is 2.47. The molecule has 2 amide bonds. The third kappa shape index (κ3) is 6.91. The number of piperidine rings is 1. The van der Waals surface area contributed by atoms with Crippen LogP contribution < -0.4 is 16.0 Å². The highest BCUT2D eigenvalue weighted by atomic mass is 16.5. The molecular weight excluding hydrogens is 270 g/mol. The van der Waals surface area contributed by atoms with E-state index in [2.05, 4.69) is 16.0 Å². The second-order valence-corrected chi connectivity index (χ2v) is 6.00. The first-order chi connectivity index (χ1) is 10.0. The molecule has 21 heavy (non-hydrogen) atoms. The summed E-state index contributed by atoms with van der Waals surface area (Å²) in [7, 11) is 1.59. The standard InChI is InChI=1S/C15H29N3O3/c1-11(2)10-13(15(20)17-8-9-21-3)18-14(19)12-4-6-16-7-5-12/h11-13,16H,4-10H2,1-3H3,(H,17,20)(H,18,19)/t13-/m0/s1. The molecule has 0 saturated carbocycles. The van der Waals surface area contributed by atoms with Crippen LogP contribution in [0.5, 0.6) is 0 Å². The van der Waals surface area contributed by atoms with Crippen LogP contribution in [-0.4, -0.2) is 51.2 Å². The minimum absolute atomic E-state index is 0.00374. The molecule has 1 atom stereocenters. The Bertz CT molecular complexity index is 328. The van der Waals surface area contributed by atoms with Gasteiger partial charge in [-0.2, -0.15) is 0 Å². The topological polar surface area (TPSA) is 79.5 Å². The molecule has 0 unspecified atom stereocenters. The van der Waals surface area contributed by atoms with Gasteiger partial charge in [0.2, 0.25) is 11.8 Å². The molecule has 1 rings (SSSR count). The van der Waals surface area contributed by atoms with Crippen molar-refractivity contribution in [2.75, 3.05) is 33.4 Å². The summed E-state index contributed by atoms with van der Waals surface area (Å²) >= 11 is 0. The van der Waals surface area contributed by atoms with Crippen LogP contribution in [0, 0.1) is 11.8 Å². The number of methoxy groups -OCH3 is 1. The molecule has 0 aromatic carbocycles. The highest BCUT2D eigenvalue weighted by molar-refractivity contribution is 5.88. The summed E-state index contributed by atoms with van der Waals surface area (Å²) in [5.41, 5.74) is 0. The van der Waals surface area contributed by atoms with Crippen molar-refractivity contribution < 1.29 is 14.3 Å². The number of carbonyl (C=O) groups excluding carboxylic acids is 2.